The molecule has 1 N–H and O–H groups in total. The number of hydrogen-bond donors (Lipinski definition) is 1. The second-order valence-corrected chi connectivity index (χ2v) is 9.29. The Morgan fingerprint density at radius 2 is 1.62 bits per heavy atom. The quantitative estimate of drug-likeness (QED) is 0.691. The van der Waals surface area contributed by atoms with Gasteiger partial charge in [0.25, 0.3) is 0 Å². The van der Waals surface area contributed by atoms with Crippen molar-refractivity contribution in [2.24, 2.45) is 0 Å². The van der Waals surface area contributed by atoms with Crippen molar-refractivity contribution in [2.45, 2.75) is 71.5 Å². The standard InChI is InChI=1S/C25H31BO3/c1-17-20(18-12-8-6-9-13-18)16-21(27)22(19-14-10-7-11-15-19)23(17)26-28-24(2,3)25(4,5)29-26/h6,8-9,12-14,16,27H,7,10-11,15H2,1-5H3. The van der Waals surface area contributed by atoms with E-state index in [1.165, 1.54) is 12.0 Å². The number of phenolic OH excluding ortho intramolecular Hbond substituents is 1. The van der Waals surface area contributed by atoms with E-state index in [0.29, 0.717) is 5.75 Å². The molecule has 1 aliphatic heterocycles. The molecule has 0 aromatic heterocycles. The van der Waals surface area contributed by atoms with Crippen molar-refractivity contribution < 1.29 is 14.4 Å². The van der Waals surface area contributed by atoms with E-state index in [0.717, 1.165) is 47.0 Å². The van der Waals surface area contributed by atoms with Crippen molar-refractivity contribution in [2.75, 3.05) is 0 Å². The summed E-state index contributed by atoms with van der Waals surface area (Å²) in [7, 11) is -0.507. The maximum atomic E-state index is 11.2. The Balaban J connectivity index is 1.93. The number of benzene rings is 2. The van der Waals surface area contributed by atoms with Gasteiger partial charge in [0.15, 0.2) is 0 Å². The highest BCUT2D eigenvalue weighted by Gasteiger charge is 2.53. The molecule has 0 amide bonds. The summed E-state index contributed by atoms with van der Waals surface area (Å²) in [5.74, 6) is 0.312. The fraction of sp³-hybridized carbons (Fsp3) is 0.440. The van der Waals surface area contributed by atoms with Crippen molar-refractivity contribution in [3.8, 4) is 16.9 Å². The van der Waals surface area contributed by atoms with Crippen LogP contribution >= 0.6 is 0 Å². The van der Waals surface area contributed by atoms with Crippen LogP contribution < -0.4 is 5.46 Å². The molecule has 2 aliphatic rings. The zero-order valence-corrected chi connectivity index (χ0v) is 18.2. The summed E-state index contributed by atoms with van der Waals surface area (Å²) >= 11 is 0. The van der Waals surface area contributed by atoms with Crippen molar-refractivity contribution in [3.63, 3.8) is 0 Å². The fourth-order valence-electron chi connectivity index (χ4n) is 4.36. The van der Waals surface area contributed by atoms with Crippen LogP contribution in [0.15, 0.2) is 42.5 Å². The van der Waals surface area contributed by atoms with Crippen molar-refractivity contribution in [3.05, 3.63) is 53.6 Å². The zero-order valence-electron chi connectivity index (χ0n) is 18.2. The number of aromatic hydroxyl groups is 1. The lowest BCUT2D eigenvalue weighted by atomic mass is 9.69. The third kappa shape index (κ3) is 3.53. The van der Waals surface area contributed by atoms with E-state index in [4.69, 9.17) is 9.31 Å². The minimum absolute atomic E-state index is 0.312. The van der Waals surface area contributed by atoms with Crippen LogP contribution in [0.5, 0.6) is 5.75 Å². The normalized spacial score (nSPS) is 20.6. The Morgan fingerprint density at radius 3 is 2.21 bits per heavy atom. The Hall–Kier alpha value is -2.04. The van der Waals surface area contributed by atoms with Gasteiger partial charge >= 0.3 is 7.12 Å². The summed E-state index contributed by atoms with van der Waals surface area (Å²) < 4.78 is 12.9. The van der Waals surface area contributed by atoms with E-state index < -0.39 is 18.3 Å². The van der Waals surface area contributed by atoms with Crippen LogP contribution in [-0.4, -0.2) is 23.4 Å². The smallest absolute Gasteiger partial charge is 0.495 e. The van der Waals surface area contributed by atoms with Crippen LogP contribution in [0.25, 0.3) is 16.7 Å². The molecular weight excluding hydrogens is 359 g/mol. The summed E-state index contributed by atoms with van der Waals surface area (Å²) in [6.07, 6.45) is 6.65. The molecule has 0 radical (unpaired) electrons. The van der Waals surface area contributed by atoms with Gasteiger partial charge in [0, 0.05) is 5.56 Å². The van der Waals surface area contributed by atoms with E-state index in [2.05, 4.69) is 52.8 Å². The summed E-state index contributed by atoms with van der Waals surface area (Å²) in [6.45, 7) is 10.4. The van der Waals surface area contributed by atoms with E-state index >= 15 is 0 Å². The minimum atomic E-state index is -0.507. The van der Waals surface area contributed by atoms with E-state index in [9.17, 15) is 5.11 Å². The van der Waals surface area contributed by atoms with Crippen LogP contribution in [-0.2, 0) is 9.31 Å². The van der Waals surface area contributed by atoms with Gasteiger partial charge in [-0.25, -0.2) is 0 Å². The maximum absolute atomic E-state index is 11.2. The van der Waals surface area contributed by atoms with Crippen LogP contribution in [0.4, 0.5) is 0 Å². The summed E-state index contributed by atoms with van der Waals surface area (Å²) in [6, 6.07) is 12.1. The molecular formula is C25H31BO3. The summed E-state index contributed by atoms with van der Waals surface area (Å²) in [5.41, 5.74) is 5.43. The Kier molecular flexibility index (Phi) is 5.12. The SMILES string of the molecule is Cc1c(-c2ccccc2)cc(O)c(C2=CCCCC2)c1B1OC(C)(C)C(C)(C)O1. The number of allylic oxidation sites excluding steroid dienone is 2. The van der Waals surface area contributed by atoms with Gasteiger partial charge < -0.3 is 14.4 Å². The third-order valence-electron chi connectivity index (χ3n) is 6.80. The molecule has 0 unspecified atom stereocenters. The van der Waals surface area contributed by atoms with Gasteiger partial charge in [0.05, 0.1) is 11.2 Å². The average Bonchev–Trinajstić information content (AvgIpc) is 2.91. The fourth-order valence-corrected chi connectivity index (χ4v) is 4.36. The Morgan fingerprint density at radius 1 is 0.966 bits per heavy atom. The first-order valence-corrected chi connectivity index (χ1v) is 10.7. The molecule has 1 fully saturated rings. The average molecular weight is 390 g/mol. The van der Waals surface area contributed by atoms with Crippen molar-refractivity contribution in [1.82, 2.24) is 0 Å². The molecule has 4 rings (SSSR count). The first kappa shape index (κ1) is 20.2. The lowest BCUT2D eigenvalue weighted by Gasteiger charge is -2.32. The second-order valence-electron chi connectivity index (χ2n) is 9.29. The van der Waals surface area contributed by atoms with Crippen LogP contribution in [0.3, 0.4) is 0 Å². The third-order valence-corrected chi connectivity index (χ3v) is 6.80. The number of hydrogen-bond acceptors (Lipinski definition) is 3. The van der Waals surface area contributed by atoms with Crippen LogP contribution in [0, 0.1) is 6.92 Å². The molecule has 0 atom stereocenters. The molecule has 1 saturated heterocycles. The topological polar surface area (TPSA) is 38.7 Å². The molecule has 2 aromatic carbocycles. The summed E-state index contributed by atoms with van der Waals surface area (Å²) in [4.78, 5) is 0. The molecule has 0 bridgehead atoms. The number of phenols is 1. The van der Waals surface area contributed by atoms with Gasteiger partial charge in [-0.05, 0) is 94.1 Å². The van der Waals surface area contributed by atoms with Crippen molar-refractivity contribution in [1.29, 1.82) is 0 Å². The molecule has 3 nitrogen and oxygen atoms in total. The van der Waals surface area contributed by atoms with Crippen LogP contribution in [0.2, 0.25) is 0 Å². The molecule has 0 spiro atoms. The van der Waals surface area contributed by atoms with E-state index in [1.54, 1.807) is 0 Å². The maximum Gasteiger partial charge on any atom is 0.495 e. The monoisotopic (exact) mass is 390 g/mol. The molecule has 29 heavy (non-hydrogen) atoms. The molecule has 2 aromatic rings. The second kappa shape index (κ2) is 7.34. The van der Waals surface area contributed by atoms with Gasteiger partial charge in [-0.3, -0.25) is 0 Å². The molecule has 1 aliphatic carbocycles. The van der Waals surface area contributed by atoms with Gasteiger partial charge in [-0.15, -0.1) is 0 Å². The number of rotatable bonds is 3. The highest BCUT2D eigenvalue weighted by Crippen LogP contribution is 2.41. The first-order chi connectivity index (χ1) is 13.7. The largest absolute Gasteiger partial charge is 0.507 e. The Labute approximate surface area is 174 Å². The van der Waals surface area contributed by atoms with Gasteiger partial charge in [0.1, 0.15) is 5.75 Å². The highest BCUT2D eigenvalue weighted by atomic mass is 16.7. The predicted molar refractivity (Wildman–Crippen MR) is 120 cm³/mol. The van der Waals surface area contributed by atoms with Crippen molar-refractivity contribution >= 4 is 18.2 Å². The lowest BCUT2D eigenvalue weighted by Crippen LogP contribution is -2.41. The van der Waals surface area contributed by atoms with E-state index in [1.807, 2.05) is 24.3 Å². The summed E-state index contributed by atoms with van der Waals surface area (Å²) in [5, 5.41) is 11.2. The molecule has 1 heterocycles. The van der Waals surface area contributed by atoms with Gasteiger partial charge in [-0.2, -0.15) is 0 Å². The molecule has 152 valence electrons. The zero-order chi connectivity index (χ0) is 20.8. The van der Waals surface area contributed by atoms with Crippen LogP contribution in [0.1, 0.15) is 64.5 Å². The Bertz CT molecular complexity index is 928. The highest BCUT2D eigenvalue weighted by molar-refractivity contribution is 6.64. The first-order valence-electron chi connectivity index (χ1n) is 10.7. The minimum Gasteiger partial charge on any atom is -0.507 e. The van der Waals surface area contributed by atoms with Gasteiger partial charge in [-0.1, -0.05) is 36.4 Å². The molecule has 0 saturated carbocycles. The lowest BCUT2D eigenvalue weighted by molar-refractivity contribution is 0.00578. The predicted octanol–water partition coefficient (Wildman–Crippen LogP) is 5.62. The van der Waals surface area contributed by atoms with E-state index in [-0.39, 0.29) is 0 Å². The molecule has 4 heteroatoms. The van der Waals surface area contributed by atoms with Gasteiger partial charge in [0.2, 0.25) is 0 Å².